The molecule has 0 spiro atoms. The highest BCUT2D eigenvalue weighted by molar-refractivity contribution is 6.30. The maximum atomic E-state index is 12.6. The number of amides is 1. The Morgan fingerprint density at radius 2 is 2.00 bits per heavy atom. The number of nitrogens with one attached hydrogen (secondary N) is 2. The predicted molar refractivity (Wildman–Crippen MR) is 99.4 cm³/mol. The predicted octanol–water partition coefficient (Wildman–Crippen LogP) is 2.33. The zero-order valence-corrected chi connectivity index (χ0v) is 14.2. The second-order valence-electron chi connectivity index (χ2n) is 5.24. The first-order chi connectivity index (χ1) is 12.6. The summed E-state index contributed by atoms with van der Waals surface area (Å²) in [5.74, 6) is 5.25. The van der Waals surface area contributed by atoms with Crippen molar-refractivity contribution < 1.29 is 9.32 Å². The summed E-state index contributed by atoms with van der Waals surface area (Å²) in [7, 11) is 0. The molecule has 6 N–H and O–H groups in total. The Morgan fingerprint density at radius 1 is 1.19 bits per heavy atom. The van der Waals surface area contributed by atoms with Crippen LogP contribution in [0.3, 0.4) is 0 Å². The molecule has 26 heavy (non-hydrogen) atoms. The monoisotopic (exact) mass is 370 g/mol. The fourth-order valence-electron chi connectivity index (χ4n) is 2.33. The van der Waals surface area contributed by atoms with E-state index in [1.807, 2.05) is 0 Å². The molecule has 0 aliphatic rings. The number of carbonyl (C=O) groups is 1. The smallest absolute Gasteiger partial charge is 0.261 e. The van der Waals surface area contributed by atoms with Crippen LogP contribution in [0.5, 0.6) is 0 Å². The molecule has 0 aliphatic heterocycles. The molecule has 0 fully saturated rings. The van der Waals surface area contributed by atoms with Gasteiger partial charge in [0.25, 0.3) is 5.91 Å². The number of hydrazone groups is 1. The lowest BCUT2D eigenvalue weighted by atomic mass is 10.1. The quantitative estimate of drug-likeness (QED) is 0.236. The van der Waals surface area contributed by atoms with Gasteiger partial charge in [-0.05, 0) is 24.3 Å². The van der Waals surface area contributed by atoms with Gasteiger partial charge >= 0.3 is 0 Å². The van der Waals surface area contributed by atoms with Gasteiger partial charge in [-0.3, -0.25) is 4.79 Å². The van der Waals surface area contributed by atoms with Crippen molar-refractivity contribution in [3.8, 4) is 11.3 Å². The molecule has 0 atom stereocenters. The molecule has 0 aliphatic carbocycles. The minimum absolute atomic E-state index is 0.188. The number of halogens is 1. The summed E-state index contributed by atoms with van der Waals surface area (Å²) in [6.07, 6.45) is 1.35. The van der Waals surface area contributed by atoms with Gasteiger partial charge in [0.15, 0.2) is 11.6 Å². The highest BCUT2D eigenvalue weighted by atomic mass is 35.5. The molecule has 0 saturated heterocycles. The van der Waals surface area contributed by atoms with Crippen molar-refractivity contribution in [1.82, 2.24) is 10.7 Å². The molecular formula is C17H15ClN6O2. The van der Waals surface area contributed by atoms with Crippen molar-refractivity contribution in [2.45, 2.75) is 0 Å². The summed E-state index contributed by atoms with van der Waals surface area (Å²) in [6.45, 7) is 0. The number of hydrogen-bond donors (Lipinski definition) is 4. The first-order valence-electron chi connectivity index (χ1n) is 7.49. The summed E-state index contributed by atoms with van der Waals surface area (Å²) in [6, 6.07) is 13.8. The third-order valence-corrected chi connectivity index (χ3v) is 3.74. The molecule has 3 rings (SSSR count). The average Bonchev–Trinajstić information content (AvgIpc) is 3.12. The topological polar surface area (TPSA) is 132 Å². The molecule has 1 amide bonds. The number of hydrogen-bond acceptors (Lipinski definition) is 6. The van der Waals surface area contributed by atoms with Gasteiger partial charge in [0.2, 0.25) is 0 Å². The molecule has 2 aromatic carbocycles. The Hall–Kier alpha value is -3.36. The summed E-state index contributed by atoms with van der Waals surface area (Å²) in [4.78, 5) is 12.6. The highest BCUT2D eigenvalue weighted by Gasteiger charge is 2.18. The second kappa shape index (κ2) is 7.68. The van der Waals surface area contributed by atoms with Crippen LogP contribution in [0, 0.1) is 0 Å². The van der Waals surface area contributed by atoms with E-state index in [1.165, 1.54) is 6.20 Å². The third-order valence-electron chi connectivity index (χ3n) is 3.50. The second-order valence-corrected chi connectivity index (χ2v) is 5.68. The maximum Gasteiger partial charge on any atom is 0.261 e. The first kappa shape index (κ1) is 17.5. The van der Waals surface area contributed by atoms with Gasteiger partial charge in [-0.25, -0.2) is 11.4 Å². The first-order valence-corrected chi connectivity index (χ1v) is 7.87. The van der Waals surface area contributed by atoms with E-state index in [-0.39, 0.29) is 17.3 Å². The zero-order valence-electron chi connectivity index (χ0n) is 13.4. The van der Waals surface area contributed by atoms with E-state index in [9.17, 15) is 4.79 Å². The van der Waals surface area contributed by atoms with Gasteiger partial charge in [-0.2, -0.15) is 0 Å². The number of rotatable bonds is 5. The summed E-state index contributed by atoms with van der Waals surface area (Å²) < 4.78 is 5.23. The number of anilines is 1. The van der Waals surface area contributed by atoms with Crippen LogP contribution in [-0.4, -0.2) is 16.9 Å². The molecule has 1 aromatic heterocycles. The van der Waals surface area contributed by atoms with E-state index in [0.717, 1.165) is 0 Å². The van der Waals surface area contributed by atoms with Gasteiger partial charge in [0, 0.05) is 21.8 Å². The van der Waals surface area contributed by atoms with Crippen LogP contribution in [0.1, 0.15) is 15.9 Å². The molecule has 0 saturated carbocycles. The normalized spacial score (nSPS) is 11.2. The number of hydrazine groups is 1. The van der Waals surface area contributed by atoms with Gasteiger partial charge in [0.1, 0.15) is 5.56 Å². The molecule has 8 nitrogen and oxygen atoms in total. The number of carbonyl (C=O) groups excluding carboxylic acids is 1. The van der Waals surface area contributed by atoms with Crippen molar-refractivity contribution in [2.75, 3.05) is 5.32 Å². The average molecular weight is 371 g/mol. The van der Waals surface area contributed by atoms with Crippen molar-refractivity contribution in [2.24, 2.45) is 16.7 Å². The third kappa shape index (κ3) is 3.82. The largest absolute Gasteiger partial charge is 0.382 e. The minimum atomic E-state index is -0.383. The number of amidine groups is 1. The summed E-state index contributed by atoms with van der Waals surface area (Å²) in [5.41, 5.74) is 9.95. The van der Waals surface area contributed by atoms with Gasteiger partial charge in [-0.15, -0.1) is 5.10 Å². The van der Waals surface area contributed by atoms with Crippen molar-refractivity contribution >= 4 is 29.0 Å². The Morgan fingerprint density at radius 3 is 2.77 bits per heavy atom. The van der Waals surface area contributed by atoms with Gasteiger partial charge in [0.05, 0.1) is 6.20 Å². The lowest BCUT2D eigenvalue weighted by Crippen LogP contribution is -2.23. The molecular weight excluding hydrogens is 356 g/mol. The van der Waals surface area contributed by atoms with Crippen LogP contribution in [0.25, 0.3) is 11.3 Å². The molecule has 9 heteroatoms. The van der Waals surface area contributed by atoms with Crippen LogP contribution in [0.15, 0.2) is 64.4 Å². The van der Waals surface area contributed by atoms with Gasteiger partial charge < -0.3 is 15.6 Å². The minimum Gasteiger partial charge on any atom is -0.382 e. The van der Waals surface area contributed by atoms with E-state index >= 15 is 0 Å². The Kier molecular flexibility index (Phi) is 5.16. The standard InChI is InChI=1S/C17H15ClN6O2/c18-12-5-1-3-10(7-12)15-14(9-21-26-15)17(25)22-13-6-2-4-11(8-13)16(19)23-24-20/h1-9,24H,20H2,(H2,19,23)(H,22,25). The number of aromatic nitrogens is 1. The maximum absolute atomic E-state index is 12.6. The lowest BCUT2D eigenvalue weighted by Gasteiger charge is -2.07. The lowest BCUT2D eigenvalue weighted by molar-refractivity contribution is 0.102. The van der Waals surface area contributed by atoms with Gasteiger partial charge in [-0.1, -0.05) is 41.0 Å². The van der Waals surface area contributed by atoms with Crippen LogP contribution in [0.2, 0.25) is 5.02 Å². The molecule has 0 unspecified atom stereocenters. The molecule has 3 aromatic rings. The Balaban J connectivity index is 1.85. The van der Waals surface area contributed by atoms with Crippen LogP contribution >= 0.6 is 11.6 Å². The van der Waals surface area contributed by atoms with E-state index in [0.29, 0.717) is 27.6 Å². The fourth-order valence-corrected chi connectivity index (χ4v) is 2.52. The van der Waals surface area contributed by atoms with Crippen molar-refractivity contribution in [1.29, 1.82) is 0 Å². The van der Waals surface area contributed by atoms with E-state index in [1.54, 1.807) is 48.5 Å². The van der Waals surface area contributed by atoms with Crippen LogP contribution in [-0.2, 0) is 0 Å². The molecule has 132 valence electrons. The van der Waals surface area contributed by atoms with E-state index < -0.39 is 0 Å². The summed E-state index contributed by atoms with van der Waals surface area (Å²) >= 11 is 6.00. The Labute approximate surface area is 153 Å². The van der Waals surface area contributed by atoms with E-state index in [4.69, 9.17) is 27.7 Å². The number of benzene rings is 2. The fraction of sp³-hybridized carbons (Fsp3) is 0. The molecule has 0 bridgehead atoms. The van der Waals surface area contributed by atoms with Crippen LogP contribution in [0.4, 0.5) is 5.69 Å². The number of nitrogens with two attached hydrogens (primary N) is 2. The van der Waals surface area contributed by atoms with Crippen LogP contribution < -0.4 is 22.4 Å². The van der Waals surface area contributed by atoms with E-state index in [2.05, 4.69) is 21.1 Å². The molecule has 1 heterocycles. The molecule has 0 radical (unpaired) electrons. The van der Waals surface area contributed by atoms with Crippen molar-refractivity contribution in [3.63, 3.8) is 0 Å². The highest BCUT2D eigenvalue weighted by Crippen LogP contribution is 2.26. The SMILES string of the molecule is NN/N=C(\N)c1cccc(NC(=O)c2cnoc2-c2cccc(Cl)c2)c1. The summed E-state index contributed by atoms with van der Waals surface area (Å²) in [5, 5.41) is 10.7. The van der Waals surface area contributed by atoms with Crippen molar-refractivity contribution in [3.05, 3.63) is 70.9 Å². The Bertz CT molecular complexity index is 969. The zero-order chi connectivity index (χ0) is 18.5. The number of nitrogens with zero attached hydrogens (tertiary/aromatic N) is 2.